The Balaban J connectivity index is 0.00000220. The lowest BCUT2D eigenvalue weighted by molar-refractivity contribution is -0.121. The van der Waals surface area contributed by atoms with Crippen LogP contribution in [0.3, 0.4) is 0 Å². The van der Waals surface area contributed by atoms with Gasteiger partial charge in [0, 0.05) is 32.5 Å². The Morgan fingerprint density at radius 3 is 2.77 bits per heavy atom. The largest absolute Gasteiger partial charge is 0.356 e. The van der Waals surface area contributed by atoms with Gasteiger partial charge in [0.05, 0.1) is 11.0 Å². The van der Waals surface area contributed by atoms with Crippen molar-refractivity contribution in [3.8, 4) is 0 Å². The Morgan fingerprint density at radius 2 is 2.14 bits per heavy atom. The van der Waals surface area contributed by atoms with E-state index in [2.05, 4.69) is 10.3 Å². The molecule has 124 valence electrons. The molecule has 0 spiro atoms. The fourth-order valence-corrected chi connectivity index (χ4v) is 2.11. The number of fused-ring (bicyclic) bond motifs is 1. The number of aromatic nitrogens is 2. The van der Waals surface area contributed by atoms with Crippen molar-refractivity contribution < 1.29 is 9.18 Å². The van der Waals surface area contributed by atoms with Gasteiger partial charge in [-0.2, -0.15) is 0 Å². The van der Waals surface area contributed by atoms with Gasteiger partial charge >= 0.3 is 0 Å². The van der Waals surface area contributed by atoms with Crippen LogP contribution in [-0.2, 0) is 18.3 Å². The highest BCUT2D eigenvalue weighted by Gasteiger charge is 2.09. The van der Waals surface area contributed by atoms with Crippen molar-refractivity contribution in [1.29, 1.82) is 0 Å². The van der Waals surface area contributed by atoms with Crippen molar-refractivity contribution in [2.24, 2.45) is 12.8 Å². The van der Waals surface area contributed by atoms with E-state index in [0.29, 0.717) is 19.4 Å². The lowest BCUT2D eigenvalue weighted by atomic mass is 10.2. The number of carbonyl (C=O) groups is 1. The molecule has 5 nitrogen and oxygen atoms in total. The summed E-state index contributed by atoms with van der Waals surface area (Å²) in [5.74, 6) is 0.466. The molecule has 0 fully saturated rings. The second-order valence-corrected chi connectivity index (χ2v) is 5.00. The van der Waals surface area contributed by atoms with Crippen molar-refractivity contribution in [2.45, 2.75) is 25.8 Å². The number of aryl methyl sites for hydroxylation is 1. The van der Waals surface area contributed by atoms with Gasteiger partial charge in [0.15, 0.2) is 0 Å². The normalized spacial score (nSPS) is 11.5. The molecule has 1 aromatic carbocycles. The lowest BCUT2D eigenvalue weighted by Gasteiger charge is -2.07. The van der Waals surface area contributed by atoms with Crippen molar-refractivity contribution in [3.63, 3.8) is 0 Å². The van der Waals surface area contributed by atoms with E-state index in [4.69, 9.17) is 5.73 Å². The van der Waals surface area contributed by atoms with Gasteiger partial charge < -0.3 is 15.6 Å². The molecule has 0 saturated carbocycles. The van der Waals surface area contributed by atoms with E-state index in [1.165, 1.54) is 12.1 Å². The molecule has 3 N–H and O–H groups in total. The number of nitrogens with zero attached hydrogens (tertiary/aromatic N) is 2. The summed E-state index contributed by atoms with van der Waals surface area (Å²) in [6.45, 7) is 2.28. The first-order valence-corrected chi connectivity index (χ1v) is 6.60. The van der Waals surface area contributed by atoms with E-state index in [9.17, 15) is 9.18 Å². The number of hydrogen-bond acceptors (Lipinski definition) is 3. The van der Waals surface area contributed by atoms with E-state index >= 15 is 0 Å². The standard InChI is InChI=1S/C14H19FN4O.2ClH/c1-9(16)7-14(20)17-6-5-13-18-11-4-3-10(15)8-12(11)19(13)2;;/h3-4,8-9H,5-7,16H2,1-2H3,(H,17,20);2*1H. The van der Waals surface area contributed by atoms with Crippen LogP contribution in [0.5, 0.6) is 0 Å². The first-order valence-electron chi connectivity index (χ1n) is 6.60. The van der Waals surface area contributed by atoms with Crippen molar-refractivity contribution in [3.05, 3.63) is 29.8 Å². The summed E-state index contributed by atoms with van der Waals surface area (Å²) in [6, 6.07) is 4.36. The van der Waals surface area contributed by atoms with Crippen LogP contribution in [0.2, 0.25) is 0 Å². The highest BCUT2D eigenvalue weighted by molar-refractivity contribution is 5.85. The number of imidazole rings is 1. The molecule has 1 amide bonds. The van der Waals surface area contributed by atoms with Gasteiger partial charge in [-0.1, -0.05) is 0 Å². The molecule has 1 heterocycles. The second kappa shape index (κ2) is 8.92. The maximum Gasteiger partial charge on any atom is 0.221 e. The van der Waals surface area contributed by atoms with Gasteiger partial charge in [-0.15, -0.1) is 24.8 Å². The molecule has 0 saturated heterocycles. The number of benzene rings is 1. The van der Waals surface area contributed by atoms with E-state index in [-0.39, 0.29) is 42.6 Å². The minimum Gasteiger partial charge on any atom is -0.356 e. The first kappa shape index (κ1) is 20.6. The maximum atomic E-state index is 13.2. The second-order valence-electron chi connectivity index (χ2n) is 5.00. The molecule has 1 unspecified atom stereocenters. The molecule has 8 heteroatoms. The Bertz CT molecular complexity index is 631. The fraction of sp³-hybridized carbons (Fsp3) is 0.429. The summed E-state index contributed by atoms with van der Waals surface area (Å²) >= 11 is 0. The van der Waals surface area contributed by atoms with Gasteiger partial charge in [0.2, 0.25) is 5.91 Å². The summed E-state index contributed by atoms with van der Waals surface area (Å²) in [7, 11) is 1.84. The van der Waals surface area contributed by atoms with Crippen LogP contribution in [0.4, 0.5) is 4.39 Å². The summed E-state index contributed by atoms with van der Waals surface area (Å²) in [5, 5.41) is 2.80. The van der Waals surface area contributed by atoms with E-state index in [1.807, 2.05) is 11.6 Å². The van der Waals surface area contributed by atoms with Crippen molar-refractivity contribution in [2.75, 3.05) is 6.54 Å². The van der Waals surface area contributed by atoms with Crippen LogP contribution in [0.15, 0.2) is 18.2 Å². The number of carbonyl (C=O) groups excluding carboxylic acids is 1. The lowest BCUT2D eigenvalue weighted by Crippen LogP contribution is -2.31. The number of hydrogen-bond donors (Lipinski definition) is 2. The number of halogens is 3. The van der Waals surface area contributed by atoms with Crippen LogP contribution in [-0.4, -0.2) is 28.0 Å². The Morgan fingerprint density at radius 1 is 1.45 bits per heavy atom. The molecule has 0 aliphatic rings. The molecule has 2 rings (SSSR count). The molecule has 0 bridgehead atoms. The SMILES string of the molecule is CC(N)CC(=O)NCCc1nc2ccc(F)cc2n1C.Cl.Cl. The zero-order valence-electron chi connectivity index (χ0n) is 12.5. The van der Waals surface area contributed by atoms with Crippen LogP contribution in [0.25, 0.3) is 11.0 Å². The zero-order valence-corrected chi connectivity index (χ0v) is 14.1. The predicted octanol–water partition coefficient (Wildman–Crippen LogP) is 1.95. The molecular weight excluding hydrogens is 330 g/mol. The summed E-state index contributed by atoms with van der Waals surface area (Å²) < 4.78 is 15.0. The smallest absolute Gasteiger partial charge is 0.221 e. The number of amides is 1. The van der Waals surface area contributed by atoms with Gasteiger partial charge in [-0.05, 0) is 25.1 Å². The molecule has 0 aliphatic carbocycles. The minimum atomic E-state index is -0.280. The third-order valence-corrected chi connectivity index (χ3v) is 3.11. The van der Waals surface area contributed by atoms with Crippen molar-refractivity contribution in [1.82, 2.24) is 14.9 Å². The summed E-state index contributed by atoms with van der Waals surface area (Å²) in [6.07, 6.45) is 0.908. The Hall–Kier alpha value is -1.37. The van der Waals surface area contributed by atoms with Crippen molar-refractivity contribution >= 4 is 41.8 Å². The van der Waals surface area contributed by atoms with Gasteiger partial charge in [0.25, 0.3) is 0 Å². The Kier molecular flexibility index (Phi) is 8.37. The number of nitrogens with one attached hydrogen (secondary N) is 1. The van der Waals surface area contributed by atoms with E-state index < -0.39 is 0 Å². The van der Waals surface area contributed by atoms with Crippen LogP contribution < -0.4 is 11.1 Å². The van der Waals surface area contributed by atoms with Gasteiger partial charge in [-0.25, -0.2) is 9.37 Å². The molecule has 1 aromatic heterocycles. The van der Waals surface area contributed by atoms with Gasteiger partial charge in [0.1, 0.15) is 11.6 Å². The van der Waals surface area contributed by atoms with Crippen LogP contribution in [0, 0.1) is 5.82 Å². The van der Waals surface area contributed by atoms with Gasteiger partial charge in [-0.3, -0.25) is 4.79 Å². The average molecular weight is 351 g/mol. The maximum absolute atomic E-state index is 13.2. The summed E-state index contributed by atoms with van der Waals surface area (Å²) in [4.78, 5) is 15.9. The molecular formula is C14H21Cl2FN4O. The number of rotatable bonds is 5. The molecule has 22 heavy (non-hydrogen) atoms. The third-order valence-electron chi connectivity index (χ3n) is 3.11. The molecule has 2 aromatic rings. The average Bonchev–Trinajstić information content (AvgIpc) is 2.66. The molecule has 0 radical (unpaired) electrons. The number of nitrogens with two attached hydrogens (primary N) is 1. The molecule has 1 atom stereocenters. The molecule has 0 aliphatic heterocycles. The quantitative estimate of drug-likeness (QED) is 0.865. The minimum absolute atomic E-state index is 0. The van der Waals surface area contributed by atoms with Crippen LogP contribution in [0.1, 0.15) is 19.2 Å². The van der Waals surface area contributed by atoms with E-state index in [0.717, 1.165) is 16.9 Å². The fourth-order valence-electron chi connectivity index (χ4n) is 2.11. The highest BCUT2D eigenvalue weighted by Crippen LogP contribution is 2.16. The first-order chi connectivity index (χ1) is 9.47. The highest BCUT2D eigenvalue weighted by atomic mass is 35.5. The Labute approximate surface area is 141 Å². The topological polar surface area (TPSA) is 72.9 Å². The monoisotopic (exact) mass is 350 g/mol. The van der Waals surface area contributed by atoms with Crippen LogP contribution >= 0.6 is 24.8 Å². The predicted molar refractivity (Wildman–Crippen MR) is 90.1 cm³/mol. The third kappa shape index (κ3) is 5.12. The van der Waals surface area contributed by atoms with E-state index in [1.54, 1.807) is 13.0 Å². The zero-order chi connectivity index (χ0) is 14.7. The summed E-state index contributed by atoms with van der Waals surface area (Å²) in [5.41, 5.74) is 7.06.